The lowest BCUT2D eigenvalue weighted by Gasteiger charge is -2.24. The summed E-state index contributed by atoms with van der Waals surface area (Å²) in [5.74, 6) is -1.69. The van der Waals surface area contributed by atoms with Gasteiger partial charge in [-0.3, -0.25) is 9.10 Å². The van der Waals surface area contributed by atoms with E-state index in [4.69, 9.17) is 16.7 Å². The second-order valence-corrected chi connectivity index (χ2v) is 7.76. The van der Waals surface area contributed by atoms with E-state index in [9.17, 15) is 17.6 Å². The molecule has 0 saturated heterocycles. The van der Waals surface area contributed by atoms with E-state index in [1.54, 1.807) is 12.1 Å². The molecule has 0 unspecified atom stereocenters. The minimum Gasteiger partial charge on any atom is -0.481 e. The zero-order valence-corrected chi connectivity index (χ0v) is 15.0. The summed E-state index contributed by atoms with van der Waals surface area (Å²) >= 11 is 5.77. The van der Waals surface area contributed by atoms with Gasteiger partial charge in [0.2, 0.25) is 0 Å². The van der Waals surface area contributed by atoms with E-state index in [0.717, 1.165) is 15.9 Å². The van der Waals surface area contributed by atoms with E-state index in [1.807, 2.05) is 6.92 Å². The summed E-state index contributed by atoms with van der Waals surface area (Å²) < 4.78 is 40.4. The highest BCUT2D eigenvalue weighted by Gasteiger charge is 2.25. The fraction of sp³-hybridized carbons (Fsp3) is 0.235. The second kappa shape index (κ2) is 7.84. The number of sulfonamides is 1. The zero-order valence-electron chi connectivity index (χ0n) is 13.4. The maximum Gasteiger partial charge on any atom is 0.303 e. The Morgan fingerprint density at radius 1 is 1.20 bits per heavy atom. The Morgan fingerprint density at radius 2 is 1.84 bits per heavy atom. The Bertz CT molecular complexity index is 869. The van der Waals surface area contributed by atoms with E-state index in [0.29, 0.717) is 0 Å². The lowest BCUT2D eigenvalue weighted by Crippen LogP contribution is -2.32. The van der Waals surface area contributed by atoms with Crippen LogP contribution in [0.3, 0.4) is 0 Å². The summed E-state index contributed by atoms with van der Waals surface area (Å²) in [5, 5.41) is 8.58. The molecule has 0 radical (unpaired) electrons. The lowest BCUT2D eigenvalue weighted by molar-refractivity contribution is -0.137. The highest BCUT2D eigenvalue weighted by molar-refractivity contribution is 7.92. The molecule has 0 atom stereocenters. The number of aryl methyl sites for hydroxylation is 1. The molecule has 25 heavy (non-hydrogen) atoms. The van der Waals surface area contributed by atoms with Crippen molar-refractivity contribution in [3.05, 3.63) is 58.9 Å². The number of benzene rings is 2. The van der Waals surface area contributed by atoms with Gasteiger partial charge in [0.1, 0.15) is 5.82 Å². The minimum absolute atomic E-state index is 0.0638. The van der Waals surface area contributed by atoms with Crippen LogP contribution in [0.4, 0.5) is 10.1 Å². The van der Waals surface area contributed by atoms with Gasteiger partial charge in [-0.1, -0.05) is 29.3 Å². The molecule has 0 aromatic heterocycles. The van der Waals surface area contributed by atoms with Gasteiger partial charge in [-0.15, -0.1) is 0 Å². The number of carboxylic acids is 1. The topological polar surface area (TPSA) is 74.7 Å². The number of hydrogen-bond donors (Lipinski definition) is 1. The van der Waals surface area contributed by atoms with Gasteiger partial charge in [-0.05, 0) is 43.7 Å². The fourth-order valence-corrected chi connectivity index (χ4v) is 3.91. The van der Waals surface area contributed by atoms with Crippen molar-refractivity contribution in [1.29, 1.82) is 0 Å². The largest absolute Gasteiger partial charge is 0.481 e. The van der Waals surface area contributed by atoms with Crippen LogP contribution in [0.2, 0.25) is 5.02 Å². The van der Waals surface area contributed by atoms with Gasteiger partial charge in [0.25, 0.3) is 10.0 Å². The molecule has 2 aromatic carbocycles. The van der Waals surface area contributed by atoms with Gasteiger partial charge < -0.3 is 5.11 Å². The summed E-state index contributed by atoms with van der Waals surface area (Å²) in [7, 11) is -3.94. The highest BCUT2D eigenvalue weighted by atomic mass is 35.5. The van der Waals surface area contributed by atoms with Crippen molar-refractivity contribution >= 4 is 33.3 Å². The average molecular weight is 386 g/mol. The van der Waals surface area contributed by atoms with Crippen LogP contribution in [-0.4, -0.2) is 26.0 Å². The molecule has 0 amide bonds. The minimum atomic E-state index is -3.94. The summed E-state index contributed by atoms with van der Waals surface area (Å²) in [6, 6.07) is 9.86. The molecule has 5 nitrogen and oxygen atoms in total. The van der Waals surface area contributed by atoms with Crippen molar-refractivity contribution in [2.75, 3.05) is 10.8 Å². The van der Waals surface area contributed by atoms with Gasteiger partial charge in [0, 0.05) is 13.0 Å². The molecule has 0 spiro atoms. The molecule has 1 N–H and O–H groups in total. The first-order valence-corrected chi connectivity index (χ1v) is 9.30. The fourth-order valence-electron chi connectivity index (χ4n) is 2.24. The molecule has 0 heterocycles. The summed E-state index contributed by atoms with van der Waals surface area (Å²) in [4.78, 5) is 10.8. The van der Waals surface area contributed by atoms with Crippen molar-refractivity contribution in [3.8, 4) is 0 Å². The number of carbonyl (C=O) groups is 1. The first-order valence-electron chi connectivity index (χ1n) is 7.48. The number of anilines is 1. The predicted octanol–water partition coefficient (Wildman–Crippen LogP) is 3.85. The molecule has 0 aliphatic heterocycles. The van der Waals surface area contributed by atoms with Gasteiger partial charge in [-0.25, -0.2) is 12.8 Å². The number of aliphatic carboxylic acids is 1. The molecular weight excluding hydrogens is 369 g/mol. The van der Waals surface area contributed by atoms with Crippen molar-refractivity contribution in [2.24, 2.45) is 0 Å². The van der Waals surface area contributed by atoms with Crippen LogP contribution in [-0.2, 0) is 14.8 Å². The van der Waals surface area contributed by atoms with Crippen molar-refractivity contribution in [3.63, 3.8) is 0 Å². The quantitative estimate of drug-likeness (QED) is 0.785. The first kappa shape index (κ1) is 19.2. The molecule has 0 bridgehead atoms. The van der Waals surface area contributed by atoms with Crippen LogP contribution in [0.25, 0.3) is 0 Å². The molecular formula is C17H17ClFNO4S. The molecule has 8 heteroatoms. The van der Waals surface area contributed by atoms with Crippen LogP contribution >= 0.6 is 11.6 Å². The standard InChI is InChI=1S/C17H17ClFNO4S/c1-12-4-7-14(8-5-12)25(23,24)20(10-2-3-17(21)22)13-6-9-16(19)15(18)11-13/h4-9,11H,2-3,10H2,1H3,(H,21,22). The number of nitrogens with zero attached hydrogens (tertiary/aromatic N) is 1. The van der Waals surface area contributed by atoms with Crippen molar-refractivity contribution < 1.29 is 22.7 Å². The first-order chi connectivity index (χ1) is 11.7. The Kier molecular flexibility index (Phi) is 6.02. The van der Waals surface area contributed by atoms with Crippen molar-refractivity contribution in [1.82, 2.24) is 0 Å². The van der Waals surface area contributed by atoms with Gasteiger partial charge in [-0.2, -0.15) is 0 Å². The Balaban J connectivity index is 2.43. The van der Waals surface area contributed by atoms with Crippen LogP contribution in [0.15, 0.2) is 47.4 Å². The smallest absolute Gasteiger partial charge is 0.303 e. The summed E-state index contributed by atoms with van der Waals surface area (Å²) in [6.45, 7) is 1.77. The third-order valence-electron chi connectivity index (χ3n) is 3.55. The maximum atomic E-state index is 13.4. The van der Waals surface area contributed by atoms with Gasteiger partial charge >= 0.3 is 5.97 Å². The predicted molar refractivity (Wildman–Crippen MR) is 94.0 cm³/mol. The van der Waals surface area contributed by atoms with Gasteiger partial charge in [0.05, 0.1) is 15.6 Å². The second-order valence-electron chi connectivity index (χ2n) is 5.49. The molecule has 134 valence electrons. The van der Waals surface area contributed by atoms with E-state index in [-0.39, 0.29) is 35.0 Å². The van der Waals surface area contributed by atoms with Crippen LogP contribution in [0.5, 0.6) is 0 Å². The third-order valence-corrected chi connectivity index (χ3v) is 5.68. The summed E-state index contributed by atoms with van der Waals surface area (Å²) in [5.41, 5.74) is 1.08. The third kappa shape index (κ3) is 4.70. The van der Waals surface area contributed by atoms with Crippen molar-refractivity contribution in [2.45, 2.75) is 24.7 Å². The van der Waals surface area contributed by atoms with Crippen LogP contribution in [0.1, 0.15) is 18.4 Å². The molecule has 0 saturated carbocycles. The maximum absolute atomic E-state index is 13.4. The molecule has 2 aromatic rings. The normalized spacial score (nSPS) is 11.3. The zero-order chi connectivity index (χ0) is 18.6. The highest BCUT2D eigenvalue weighted by Crippen LogP contribution is 2.28. The molecule has 0 aliphatic rings. The van der Waals surface area contributed by atoms with Crippen LogP contribution < -0.4 is 4.31 Å². The molecule has 0 fully saturated rings. The Hall–Kier alpha value is -2.12. The number of hydrogen-bond acceptors (Lipinski definition) is 3. The monoisotopic (exact) mass is 385 g/mol. The van der Waals surface area contributed by atoms with Crippen LogP contribution in [0, 0.1) is 12.7 Å². The number of rotatable bonds is 7. The summed E-state index contributed by atoms with van der Waals surface area (Å²) in [6.07, 6.45) is -0.0791. The average Bonchev–Trinajstić information content (AvgIpc) is 2.54. The lowest BCUT2D eigenvalue weighted by atomic mass is 10.2. The van der Waals surface area contributed by atoms with E-state index < -0.39 is 21.8 Å². The Morgan fingerprint density at radius 3 is 2.40 bits per heavy atom. The van der Waals surface area contributed by atoms with E-state index in [2.05, 4.69) is 0 Å². The Labute approximate surface area is 150 Å². The molecule has 0 aliphatic carbocycles. The molecule has 2 rings (SSSR count). The number of halogens is 2. The number of carboxylic acid groups (broad SMARTS) is 1. The van der Waals surface area contributed by atoms with E-state index in [1.165, 1.54) is 24.3 Å². The van der Waals surface area contributed by atoms with Gasteiger partial charge in [0.15, 0.2) is 0 Å². The SMILES string of the molecule is Cc1ccc(S(=O)(=O)N(CCCC(=O)O)c2ccc(F)c(Cl)c2)cc1. The van der Waals surface area contributed by atoms with E-state index >= 15 is 0 Å².